The number of hydrogen-bond acceptors (Lipinski definition) is 4. The number of carbonyl (C=O) groups excluding carboxylic acids is 1. The predicted molar refractivity (Wildman–Crippen MR) is 132 cm³/mol. The van der Waals surface area contributed by atoms with E-state index < -0.39 is 0 Å². The van der Waals surface area contributed by atoms with Gasteiger partial charge in [0.15, 0.2) is 0 Å². The Morgan fingerprint density at radius 3 is 2.47 bits per heavy atom. The zero-order valence-electron chi connectivity index (χ0n) is 19.3. The Bertz CT molecular complexity index is 971. The highest BCUT2D eigenvalue weighted by atomic mass is 35.5. The first kappa shape index (κ1) is 22.0. The average molecular weight is 455 g/mol. The van der Waals surface area contributed by atoms with Crippen molar-refractivity contribution in [3.8, 4) is 0 Å². The van der Waals surface area contributed by atoms with Gasteiger partial charge in [-0.3, -0.25) is 4.79 Å². The number of fused-ring (bicyclic) bond motifs is 1. The second kappa shape index (κ2) is 8.83. The van der Waals surface area contributed by atoms with Crippen LogP contribution >= 0.6 is 11.6 Å². The molecule has 6 heteroatoms. The third-order valence-corrected chi connectivity index (χ3v) is 8.45. The molecule has 5 nitrogen and oxygen atoms in total. The fourth-order valence-corrected chi connectivity index (χ4v) is 7.33. The lowest BCUT2D eigenvalue weighted by molar-refractivity contribution is -0.0503. The standard InChI is InChI=1S/C26H35ClN4O/c1-28-8-3-9-31(2)23-7-4-20-22(30-23)6-5-21(27)24(20)25(32)29-16-26-13-17-10-18(14-26)12-19(11-17)15-26/h4-7,17-19,28H,3,8-16H2,1-2H3,(H,29,32). The Morgan fingerprint density at radius 2 is 1.81 bits per heavy atom. The number of aromatic nitrogens is 1. The largest absolute Gasteiger partial charge is 0.360 e. The van der Waals surface area contributed by atoms with E-state index in [9.17, 15) is 4.79 Å². The molecule has 4 bridgehead atoms. The lowest BCUT2D eigenvalue weighted by atomic mass is 9.49. The second-order valence-corrected chi connectivity index (χ2v) is 11.0. The van der Waals surface area contributed by atoms with E-state index in [1.165, 1.54) is 38.5 Å². The molecule has 0 saturated heterocycles. The number of carbonyl (C=O) groups is 1. The molecule has 1 aromatic carbocycles. The van der Waals surface area contributed by atoms with E-state index in [0.29, 0.717) is 16.0 Å². The van der Waals surface area contributed by atoms with Crippen molar-refractivity contribution < 1.29 is 4.79 Å². The van der Waals surface area contributed by atoms with Crippen LogP contribution in [-0.2, 0) is 0 Å². The summed E-state index contributed by atoms with van der Waals surface area (Å²) in [6, 6.07) is 7.71. The highest BCUT2D eigenvalue weighted by Gasteiger charge is 2.50. The summed E-state index contributed by atoms with van der Waals surface area (Å²) in [6.45, 7) is 2.68. The van der Waals surface area contributed by atoms with Gasteiger partial charge in [0.25, 0.3) is 5.91 Å². The first-order valence-corrected chi connectivity index (χ1v) is 12.6. The zero-order valence-corrected chi connectivity index (χ0v) is 20.0. The normalized spacial score (nSPS) is 28.3. The van der Waals surface area contributed by atoms with Crippen molar-refractivity contribution in [2.45, 2.75) is 44.9 Å². The average Bonchev–Trinajstić information content (AvgIpc) is 2.76. The van der Waals surface area contributed by atoms with Crippen LogP contribution in [0.3, 0.4) is 0 Å². The highest BCUT2D eigenvalue weighted by molar-refractivity contribution is 6.35. The molecule has 2 N–H and O–H groups in total. The molecule has 6 rings (SSSR count). The first-order chi connectivity index (χ1) is 15.5. The number of benzene rings is 1. The molecule has 2 aromatic rings. The van der Waals surface area contributed by atoms with Crippen molar-refractivity contribution in [3.05, 3.63) is 34.9 Å². The van der Waals surface area contributed by atoms with E-state index in [1.807, 2.05) is 25.2 Å². The molecule has 172 valence electrons. The summed E-state index contributed by atoms with van der Waals surface area (Å²) in [4.78, 5) is 20.3. The monoisotopic (exact) mass is 454 g/mol. The van der Waals surface area contributed by atoms with Crippen molar-refractivity contribution >= 4 is 34.2 Å². The molecule has 4 aliphatic carbocycles. The smallest absolute Gasteiger partial charge is 0.253 e. The number of halogens is 1. The van der Waals surface area contributed by atoms with E-state index in [1.54, 1.807) is 6.07 Å². The van der Waals surface area contributed by atoms with E-state index in [2.05, 4.69) is 22.6 Å². The van der Waals surface area contributed by atoms with Gasteiger partial charge in [0.1, 0.15) is 5.82 Å². The number of amides is 1. The molecule has 4 aliphatic rings. The molecule has 0 aliphatic heterocycles. The maximum absolute atomic E-state index is 13.3. The lowest BCUT2D eigenvalue weighted by Gasteiger charge is -2.56. The van der Waals surface area contributed by atoms with Gasteiger partial charge in [-0.25, -0.2) is 4.98 Å². The SMILES string of the molecule is CNCCCN(C)c1ccc2c(C(=O)NCC34CC5CC(CC(C5)C3)C4)c(Cl)ccc2n1. The van der Waals surface area contributed by atoms with Crippen LogP contribution in [0.1, 0.15) is 55.3 Å². The van der Waals surface area contributed by atoms with E-state index in [4.69, 9.17) is 16.6 Å². The molecule has 1 heterocycles. The number of rotatable bonds is 8. The summed E-state index contributed by atoms with van der Waals surface area (Å²) in [5.74, 6) is 3.50. The van der Waals surface area contributed by atoms with Gasteiger partial charge in [-0.05, 0) is 106 Å². The van der Waals surface area contributed by atoms with Crippen LogP contribution < -0.4 is 15.5 Å². The first-order valence-electron chi connectivity index (χ1n) is 12.2. The number of anilines is 1. The summed E-state index contributed by atoms with van der Waals surface area (Å²) in [7, 11) is 4.02. The fourth-order valence-electron chi connectivity index (χ4n) is 7.08. The summed E-state index contributed by atoms with van der Waals surface area (Å²) in [6.07, 6.45) is 9.15. The van der Waals surface area contributed by atoms with E-state index >= 15 is 0 Å². The topological polar surface area (TPSA) is 57.3 Å². The quantitative estimate of drug-likeness (QED) is 0.558. The van der Waals surface area contributed by atoms with Crippen molar-refractivity contribution in [2.24, 2.45) is 23.2 Å². The van der Waals surface area contributed by atoms with Crippen molar-refractivity contribution in [2.75, 3.05) is 38.6 Å². The lowest BCUT2D eigenvalue weighted by Crippen LogP contribution is -2.51. The summed E-state index contributed by atoms with van der Waals surface area (Å²) < 4.78 is 0. The zero-order chi connectivity index (χ0) is 22.3. The predicted octanol–water partition coefficient (Wildman–Crippen LogP) is 4.88. The molecular weight excluding hydrogens is 420 g/mol. The second-order valence-electron chi connectivity index (χ2n) is 10.6. The Hall–Kier alpha value is -1.85. The Morgan fingerprint density at radius 1 is 1.12 bits per heavy atom. The maximum Gasteiger partial charge on any atom is 0.253 e. The van der Waals surface area contributed by atoms with Crippen molar-refractivity contribution in [3.63, 3.8) is 0 Å². The van der Waals surface area contributed by atoms with Crippen LogP contribution in [0.25, 0.3) is 10.9 Å². The summed E-state index contributed by atoms with van der Waals surface area (Å²) in [5, 5.41) is 7.79. The minimum absolute atomic E-state index is 0.0618. The molecule has 0 unspecified atom stereocenters. The van der Waals surface area contributed by atoms with Gasteiger partial charge in [-0.15, -0.1) is 0 Å². The van der Waals surface area contributed by atoms with Gasteiger partial charge in [-0.2, -0.15) is 0 Å². The molecule has 0 spiro atoms. The Labute approximate surface area is 196 Å². The number of nitrogens with zero attached hydrogens (tertiary/aromatic N) is 2. The van der Waals surface area contributed by atoms with Crippen molar-refractivity contribution in [1.82, 2.24) is 15.6 Å². The van der Waals surface area contributed by atoms with Crippen LogP contribution in [0.15, 0.2) is 24.3 Å². The molecule has 0 radical (unpaired) electrons. The van der Waals surface area contributed by atoms with Gasteiger partial charge in [0.2, 0.25) is 0 Å². The van der Waals surface area contributed by atoms with E-state index in [-0.39, 0.29) is 5.91 Å². The molecule has 4 fully saturated rings. The highest BCUT2D eigenvalue weighted by Crippen LogP contribution is 2.59. The van der Waals surface area contributed by atoms with Crippen LogP contribution in [0.5, 0.6) is 0 Å². The number of pyridine rings is 1. The molecule has 0 atom stereocenters. The van der Waals surface area contributed by atoms with Crippen LogP contribution in [0, 0.1) is 23.2 Å². The van der Waals surface area contributed by atoms with Crippen LogP contribution in [0.2, 0.25) is 5.02 Å². The molecule has 1 amide bonds. The van der Waals surface area contributed by atoms with Crippen LogP contribution in [0.4, 0.5) is 5.82 Å². The van der Waals surface area contributed by atoms with Gasteiger partial charge >= 0.3 is 0 Å². The Balaban J connectivity index is 1.33. The van der Waals surface area contributed by atoms with E-state index in [0.717, 1.165) is 60.5 Å². The minimum atomic E-state index is -0.0618. The van der Waals surface area contributed by atoms with Gasteiger partial charge in [0.05, 0.1) is 16.1 Å². The summed E-state index contributed by atoms with van der Waals surface area (Å²) in [5.41, 5.74) is 1.68. The molecule has 1 aromatic heterocycles. The minimum Gasteiger partial charge on any atom is -0.360 e. The fraction of sp³-hybridized carbons (Fsp3) is 0.615. The van der Waals surface area contributed by atoms with Crippen molar-refractivity contribution in [1.29, 1.82) is 0 Å². The summed E-state index contributed by atoms with van der Waals surface area (Å²) >= 11 is 6.53. The third kappa shape index (κ3) is 4.22. The third-order valence-electron chi connectivity index (χ3n) is 8.13. The van der Waals surface area contributed by atoms with Gasteiger partial charge in [-0.1, -0.05) is 11.6 Å². The molecule has 4 saturated carbocycles. The maximum atomic E-state index is 13.3. The number of nitrogens with one attached hydrogen (secondary N) is 2. The number of hydrogen-bond donors (Lipinski definition) is 2. The van der Waals surface area contributed by atoms with Crippen LogP contribution in [-0.4, -0.2) is 44.6 Å². The van der Waals surface area contributed by atoms with Gasteiger partial charge in [0, 0.05) is 25.5 Å². The molecular formula is C26H35ClN4O. The Kier molecular flexibility index (Phi) is 6.06. The van der Waals surface area contributed by atoms with Gasteiger partial charge < -0.3 is 15.5 Å². The molecule has 32 heavy (non-hydrogen) atoms.